The minimum absolute atomic E-state index is 0.194. The molecule has 0 radical (unpaired) electrons. The molecule has 0 spiro atoms. The van der Waals surface area contributed by atoms with Crippen LogP contribution in [0.25, 0.3) is 0 Å². The summed E-state index contributed by atoms with van der Waals surface area (Å²) in [7, 11) is 0. The van der Waals surface area contributed by atoms with Crippen molar-refractivity contribution in [3.05, 3.63) is 64.2 Å². The first-order chi connectivity index (χ1) is 14.0. The fourth-order valence-electron chi connectivity index (χ4n) is 3.44. The largest absolute Gasteiger partial charge is 0.493 e. The Labute approximate surface area is 177 Å². The van der Waals surface area contributed by atoms with E-state index in [1.54, 1.807) is 0 Å². The number of halogens is 1. The van der Waals surface area contributed by atoms with Crippen LogP contribution in [0.4, 0.5) is 0 Å². The van der Waals surface area contributed by atoms with Crippen LogP contribution >= 0.6 is 11.6 Å². The summed E-state index contributed by atoms with van der Waals surface area (Å²) < 4.78 is 5.77. The fourth-order valence-corrected chi connectivity index (χ4v) is 3.66. The molecule has 1 aliphatic heterocycles. The Balaban J connectivity index is 1.35. The number of ether oxygens (including phenoxy) is 1. The van der Waals surface area contributed by atoms with Gasteiger partial charge in [0.05, 0.1) is 18.2 Å². The van der Waals surface area contributed by atoms with E-state index in [0.717, 1.165) is 44.0 Å². The molecule has 2 aromatic rings. The topological polar surface area (TPSA) is 56.6 Å². The second kappa shape index (κ2) is 10.3. The monoisotopic (exact) mass is 411 g/mol. The van der Waals surface area contributed by atoms with Crippen molar-refractivity contribution in [2.75, 3.05) is 32.8 Å². The van der Waals surface area contributed by atoms with Gasteiger partial charge in [-0.1, -0.05) is 23.7 Å². The maximum atomic E-state index is 12.5. The van der Waals surface area contributed by atoms with Crippen LogP contribution in [0.3, 0.4) is 0 Å². The van der Waals surface area contributed by atoms with Crippen LogP contribution in [0.5, 0.6) is 5.75 Å². The van der Waals surface area contributed by atoms with Gasteiger partial charge >= 0.3 is 0 Å². The quantitative estimate of drug-likeness (QED) is 0.645. The molecular weight excluding hydrogens is 386 g/mol. The van der Waals surface area contributed by atoms with Crippen LogP contribution in [-0.2, 0) is 11.3 Å². The third-order valence-electron chi connectivity index (χ3n) is 5.14. The minimum Gasteiger partial charge on any atom is -0.493 e. The van der Waals surface area contributed by atoms with Crippen molar-refractivity contribution in [3.63, 3.8) is 0 Å². The van der Waals surface area contributed by atoms with Crippen LogP contribution in [0.2, 0.25) is 5.02 Å². The van der Waals surface area contributed by atoms with Gasteiger partial charge in [-0.2, -0.15) is 5.26 Å². The highest BCUT2D eigenvalue weighted by atomic mass is 35.5. The van der Waals surface area contributed by atoms with Gasteiger partial charge in [0.1, 0.15) is 5.75 Å². The first-order valence-corrected chi connectivity index (χ1v) is 10.3. The number of nitriles is 1. The zero-order valence-electron chi connectivity index (χ0n) is 16.7. The molecule has 6 heteroatoms. The average molecular weight is 412 g/mol. The lowest BCUT2D eigenvalue weighted by Gasteiger charge is -2.34. The minimum atomic E-state index is 0.194. The molecule has 0 saturated carbocycles. The Morgan fingerprint density at radius 1 is 1.14 bits per heavy atom. The lowest BCUT2D eigenvalue weighted by atomic mass is 10.1. The highest BCUT2D eigenvalue weighted by Crippen LogP contribution is 2.22. The molecular formula is C23H26ClN3O2. The Kier molecular flexibility index (Phi) is 7.51. The SMILES string of the molecule is Cc1cc(Cl)ccc1OCCCC(=O)N1CCN(Cc2ccc(C#N)cc2)CC1. The third-order valence-corrected chi connectivity index (χ3v) is 5.38. The lowest BCUT2D eigenvalue weighted by Crippen LogP contribution is -2.48. The number of piperazine rings is 1. The summed E-state index contributed by atoms with van der Waals surface area (Å²) in [5, 5.41) is 9.58. The van der Waals surface area contributed by atoms with Crippen LogP contribution in [0.15, 0.2) is 42.5 Å². The molecule has 2 aromatic carbocycles. The van der Waals surface area contributed by atoms with E-state index < -0.39 is 0 Å². The number of benzene rings is 2. The Hall–Kier alpha value is -2.55. The number of rotatable bonds is 7. The fraction of sp³-hybridized carbons (Fsp3) is 0.391. The van der Waals surface area contributed by atoms with Crippen molar-refractivity contribution in [2.45, 2.75) is 26.3 Å². The zero-order valence-corrected chi connectivity index (χ0v) is 17.5. The molecule has 0 aromatic heterocycles. The average Bonchev–Trinajstić information content (AvgIpc) is 2.73. The number of carbonyl (C=O) groups excluding carboxylic acids is 1. The predicted octanol–water partition coefficient (Wildman–Crippen LogP) is 4.02. The molecule has 1 heterocycles. The van der Waals surface area contributed by atoms with Gasteiger partial charge in [-0.3, -0.25) is 9.69 Å². The van der Waals surface area contributed by atoms with Gasteiger partial charge in [0.2, 0.25) is 5.91 Å². The van der Waals surface area contributed by atoms with E-state index in [9.17, 15) is 4.79 Å². The van der Waals surface area contributed by atoms with Crippen LogP contribution in [0.1, 0.15) is 29.5 Å². The van der Waals surface area contributed by atoms with Crippen molar-refractivity contribution in [1.29, 1.82) is 5.26 Å². The number of aryl methyl sites for hydroxylation is 1. The maximum absolute atomic E-state index is 12.5. The summed E-state index contributed by atoms with van der Waals surface area (Å²) in [6, 6.07) is 15.4. The van der Waals surface area contributed by atoms with Crippen molar-refractivity contribution in [2.24, 2.45) is 0 Å². The number of amides is 1. The molecule has 1 aliphatic rings. The van der Waals surface area contributed by atoms with Crippen LogP contribution < -0.4 is 4.74 Å². The molecule has 1 saturated heterocycles. The Morgan fingerprint density at radius 2 is 1.86 bits per heavy atom. The second-order valence-electron chi connectivity index (χ2n) is 7.33. The molecule has 5 nitrogen and oxygen atoms in total. The van der Waals surface area contributed by atoms with E-state index in [1.165, 1.54) is 5.56 Å². The van der Waals surface area contributed by atoms with E-state index in [-0.39, 0.29) is 5.91 Å². The normalized spacial score (nSPS) is 14.4. The molecule has 1 amide bonds. The summed E-state index contributed by atoms with van der Waals surface area (Å²) in [6.45, 7) is 6.58. The second-order valence-corrected chi connectivity index (χ2v) is 7.76. The van der Waals surface area contributed by atoms with E-state index in [2.05, 4.69) is 11.0 Å². The smallest absolute Gasteiger partial charge is 0.222 e. The van der Waals surface area contributed by atoms with Crippen molar-refractivity contribution < 1.29 is 9.53 Å². The first-order valence-electron chi connectivity index (χ1n) is 9.93. The van der Waals surface area contributed by atoms with Gasteiger partial charge in [0.15, 0.2) is 0 Å². The highest BCUT2D eigenvalue weighted by molar-refractivity contribution is 6.30. The third kappa shape index (κ3) is 6.22. The van der Waals surface area contributed by atoms with E-state index >= 15 is 0 Å². The van der Waals surface area contributed by atoms with Crippen LogP contribution in [-0.4, -0.2) is 48.5 Å². The molecule has 3 rings (SSSR count). The standard InChI is InChI=1S/C23H26ClN3O2/c1-18-15-21(24)8-9-22(18)29-14-2-3-23(28)27-12-10-26(11-13-27)17-20-6-4-19(16-25)5-7-20/h4-9,15H,2-3,10-14,17H2,1H3. The summed E-state index contributed by atoms with van der Waals surface area (Å²) in [5.41, 5.74) is 2.87. The number of carbonyl (C=O) groups is 1. The van der Waals surface area contributed by atoms with Gasteiger partial charge < -0.3 is 9.64 Å². The van der Waals surface area contributed by atoms with Gasteiger partial charge in [-0.25, -0.2) is 0 Å². The van der Waals surface area contributed by atoms with Gasteiger partial charge in [0.25, 0.3) is 0 Å². The lowest BCUT2D eigenvalue weighted by molar-refractivity contribution is -0.133. The van der Waals surface area contributed by atoms with E-state index in [4.69, 9.17) is 21.6 Å². The highest BCUT2D eigenvalue weighted by Gasteiger charge is 2.20. The molecule has 0 aliphatic carbocycles. The van der Waals surface area contributed by atoms with Crippen LogP contribution in [0, 0.1) is 18.3 Å². The van der Waals surface area contributed by atoms with E-state index in [1.807, 2.05) is 54.3 Å². The zero-order chi connectivity index (χ0) is 20.6. The number of hydrogen-bond acceptors (Lipinski definition) is 4. The van der Waals surface area contributed by atoms with Gasteiger partial charge in [0, 0.05) is 44.2 Å². The molecule has 0 bridgehead atoms. The Morgan fingerprint density at radius 3 is 2.52 bits per heavy atom. The van der Waals surface area contributed by atoms with Crippen molar-refractivity contribution in [1.82, 2.24) is 9.80 Å². The summed E-state index contributed by atoms with van der Waals surface area (Å²) >= 11 is 5.95. The number of hydrogen-bond donors (Lipinski definition) is 0. The Bertz CT molecular complexity index is 869. The molecule has 152 valence electrons. The van der Waals surface area contributed by atoms with E-state index in [0.29, 0.717) is 30.0 Å². The first kappa shape index (κ1) is 21.2. The molecule has 0 atom stereocenters. The number of nitrogens with zero attached hydrogens (tertiary/aromatic N) is 3. The van der Waals surface area contributed by atoms with Gasteiger partial charge in [-0.05, 0) is 54.8 Å². The molecule has 0 N–H and O–H groups in total. The maximum Gasteiger partial charge on any atom is 0.222 e. The summed E-state index contributed by atoms with van der Waals surface area (Å²) in [6.07, 6.45) is 1.20. The summed E-state index contributed by atoms with van der Waals surface area (Å²) in [4.78, 5) is 16.8. The van der Waals surface area contributed by atoms with Crippen molar-refractivity contribution in [3.8, 4) is 11.8 Å². The molecule has 29 heavy (non-hydrogen) atoms. The predicted molar refractivity (Wildman–Crippen MR) is 114 cm³/mol. The molecule has 1 fully saturated rings. The van der Waals surface area contributed by atoms with Gasteiger partial charge in [-0.15, -0.1) is 0 Å². The molecule has 0 unspecified atom stereocenters. The summed E-state index contributed by atoms with van der Waals surface area (Å²) in [5.74, 6) is 1.01. The van der Waals surface area contributed by atoms with Crippen molar-refractivity contribution >= 4 is 17.5 Å².